The zero-order chi connectivity index (χ0) is 12.9. The van der Waals surface area contributed by atoms with E-state index in [-0.39, 0.29) is 0 Å². The first-order valence-electron chi connectivity index (χ1n) is 7.84. The van der Waals surface area contributed by atoms with E-state index >= 15 is 0 Å². The molecule has 0 saturated heterocycles. The normalized spacial score (nSPS) is 22.1. The molecule has 1 heterocycles. The monoisotopic (exact) mass is 263 g/mol. The summed E-state index contributed by atoms with van der Waals surface area (Å²) in [7, 11) is 0. The van der Waals surface area contributed by atoms with Crippen LogP contribution in [0.2, 0.25) is 0 Å². The molecule has 1 N–H and O–H groups in total. The van der Waals surface area contributed by atoms with Crippen LogP contribution in [-0.2, 0) is 11.4 Å². The second-order valence-electron chi connectivity index (χ2n) is 5.92. The van der Waals surface area contributed by atoms with Crippen LogP contribution in [0.3, 0.4) is 0 Å². The van der Waals surface area contributed by atoms with Gasteiger partial charge in [-0.2, -0.15) is 10.6 Å². The fraction of sp³-hybridized carbons (Fsp3) is 0.800. The van der Waals surface area contributed by atoms with Crippen molar-refractivity contribution < 1.29 is 4.84 Å². The molecule has 0 aromatic carbocycles. The summed E-state index contributed by atoms with van der Waals surface area (Å²) in [4.78, 5) is 5.66. The Kier molecular flexibility index (Phi) is 4.51. The smallest absolute Gasteiger partial charge is 0.0790 e. The molecule has 0 radical (unpaired) electrons. The Morgan fingerprint density at radius 2 is 1.84 bits per heavy atom. The van der Waals surface area contributed by atoms with Crippen LogP contribution in [0.25, 0.3) is 0 Å². The minimum Gasteiger partial charge on any atom is -0.298 e. The highest BCUT2D eigenvalue weighted by atomic mass is 16.7. The van der Waals surface area contributed by atoms with Gasteiger partial charge in [-0.3, -0.25) is 9.52 Å². The van der Waals surface area contributed by atoms with Gasteiger partial charge in [-0.1, -0.05) is 32.1 Å². The Bertz CT molecular complexity index is 378. The van der Waals surface area contributed by atoms with Crippen molar-refractivity contribution in [2.75, 3.05) is 0 Å². The zero-order valence-corrected chi connectivity index (χ0v) is 11.7. The maximum atomic E-state index is 5.66. The van der Waals surface area contributed by atoms with Gasteiger partial charge >= 0.3 is 0 Å². The molecule has 19 heavy (non-hydrogen) atoms. The van der Waals surface area contributed by atoms with Gasteiger partial charge in [0.15, 0.2) is 0 Å². The molecule has 2 aliphatic rings. The quantitative estimate of drug-likeness (QED) is 0.828. The maximum Gasteiger partial charge on any atom is 0.0790 e. The fourth-order valence-electron chi connectivity index (χ4n) is 3.26. The lowest BCUT2D eigenvalue weighted by Gasteiger charge is -2.21. The topological polar surface area (TPSA) is 39.1 Å². The van der Waals surface area contributed by atoms with Crippen molar-refractivity contribution >= 4 is 0 Å². The first-order valence-corrected chi connectivity index (χ1v) is 7.84. The van der Waals surface area contributed by atoms with Crippen molar-refractivity contribution in [2.45, 2.75) is 76.5 Å². The molecule has 106 valence electrons. The standard InChI is InChI=1S/C15H25N3O/c1-2-6-14(7-3-1)18-11-10-13(17-18)12-16-19-15-8-4-5-9-15/h10-11,14-16H,1-9,12H2. The Morgan fingerprint density at radius 1 is 1.11 bits per heavy atom. The summed E-state index contributed by atoms with van der Waals surface area (Å²) >= 11 is 0. The van der Waals surface area contributed by atoms with Crippen LogP contribution in [0.4, 0.5) is 0 Å². The fourth-order valence-corrected chi connectivity index (χ4v) is 3.26. The Balaban J connectivity index is 1.44. The highest BCUT2D eigenvalue weighted by molar-refractivity contribution is 4.99. The van der Waals surface area contributed by atoms with Crippen LogP contribution in [0.15, 0.2) is 12.3 Å². The van der Waals surface area contributed by atoms with Gasteiger partial charge in [-0.25, -0.2) is 0 Å². The molecule has 0 amide bonds. The molecular formula is C15H25N3O. The van der Waals surface area contributed by atoms with E-state index in [1.165, 1.54) is 57.8 Å². The minimum absolute atomic E-state index is 0.417. The lowest BCUT2D eigenvalue weighted by molar-refractivity contribution is -0.0249. The van der Waals surface area contributed by atoms with Crippen molar-refractivity contribution in [3.63, 3.8) is 0 Å². The second-order valence-corrected chi connectivity index (χ2v) is 5.92. The molecule has 4 nitrogen and oxygen atoms in total. The SMILES string of the molecule is c1cn(C2CCCCC2)nc1CNOC1CCCC1. The number of nitrogens with zero attached hydrogens (tertiary/aromatic N) is 2. The van der Waals surface area contributed by atoms with Gasteiger partial charge in [0, 0.05) is 6.20 Å². The first-order chi connectivity index (χ1) is 9.42. The highest BCUT2D eigenvalue weighted by Gasteiger charge is 2.17. The van der Waals surface area contributed by atoms with E-state index in [0.29, 0.717) is 12.1 Å². The van der Waals surface area contributed by atoms with Gasteiger partial charge in [0.25, 0.3) is 0 Å². The summed E-state index contributed by atoms with van der Waals surface area (Å²) in [6.45, 7) is 0.718. The summed E-state index contributed by atoms with van der Waals surface area (Å²) < 4.78 is 2.16. The molecule has 2 saturated carbocycles. The van der Waals surface area contributed by atoms with Crippen LogP contribution in [0.5, 0.6) is 0 Å². The summed E-state index contributed by atoms with van der Waals surface area (Å²) in [5.74, 6) is 0. The van der Waals surface area contributed by atoms with Crippen molar-refractivity contribution in [2.24, 2.45) is 0 Å². The molecule has 3 rings (SSSR count). The third-order valence-corrected chi connectivity index (χ3v) is 4.42. The third kappa shape index (κ3) is 3.57. The predicted molar refractivity (Wildman–Crippen MR) is 74.5 cm³/mol. The van der Waals surface area contributed by atoms with Gasteiger partial charge in [0.05, 0.1) is 24.4 Å². The molecule has 2 aliphatic carbocycles. The number of nitrogens with one attached hydrogen (secondary N) is 1. The van der Waals surface area contributed by atoms with Crippen molar-refractivity contribution in [1.82, 2.24) is 15.3 Å². The Morgan fingerprint density at radius 3 is 2.63 bits per heavy atom. The number of hydrogen-bond donors (Lipinski definition) is 1. The van der Waals surface area contributed by atoms with E-state index < -0.39 is 0 Å². The van der Waals surface area contributed by atoms with Gasteiger partial charge in [0.1, 0.15) is 0 Å². The van der Waals surface area contributed by atoms with Crippen LogP contribution < -0.4 is 5.48 Å². The van der Waals surface area contributed by atoms with Gasteiger partial charge in [0.2, 0.25) is 0 Å². The molecule has 1 aromatic rings. The van der Waals surface area contributed by atoms with Crippen LogP contribution in [0.1, 0.15) is 69.5 Å². The number of rotatable bonds is 5. The van der Waals surface area contributed by atoms with Gasteiger partial charge < -0.3 is 0 Å². The zero-order valence-electron chi connectivity index (χ0n) is 11.7. The first kappa shape index (κ1) is 13.1. The van der Waals surface area contributed by atoms with E-state index in [2.05, 4.69) is 27.5 Å². The molecule has 0 bridgehead atoms. The number of hydrogen-bond acceptors (Lipinski definition) is 3. The van der Waals surface area contributed by atoms with Gasteiger partial charge in [-0.05, 0) is 31.7 Å². The molecule has 0 aliphatic heterocycles. The maximum absolute atomic E-state index is 5.66. The molecule has 0 unspecified atom stereocenters. The van der Waals surface area contributed by atoms with Crippen LogP contribution >= 0.6 is 0 Å². The van der Waals surface area contributed by atoms with Crippen molar-refractivity contribution in [1.29, 1.82) is 0 Å². The summed E-state index contributed by atoms with van der Waals surface area (Å²) in [6.07, 6.45) is 14.2. The Labute approximate surface area is 115 Å². The number of hydroxylamine groups is 1. The largest absolute Gasteiger partial charge is 0.298 e. The van der Waals surface area contributed by atoms with E-state index in [1.54, 1.807) is 0 Å². The average Bonchev–Trinajstić information content (AvgIpc) is 3.11. The third-order valence-electron chi connectivity index (χ3n) is 4.42. The minimum atomic E-state index is 0.417. The molecule has 0 spiro atoms. The van der Waals surface area contributed by atoms with E-state index in [4.69, 9.17) is 4.84 Å². The lowest BCUT2D eigenvalue weighted by Crippen LogP contribution is -2.22. The van der Waals surface area contributed by atoms with E-state index in [9.17, 15) is 0 Å². The molecule has 0 atom stereocenters. The molecular weight excluding hydrogens is 238 g/mol. The lowest BCUT2D eigenvalue weighted by atomic mass is 9.96. The van der Waals surface area contributed by atoms with E-state index in [1.807, 2.05) is 0 Å². The summed E-state index contributed by atoms with van der Waals surface area (Å²) in [5, 5.41) is 4.67. The van der Waals surface area contributed by atoms with E-state index in [0.717, 1.165) is 12.2 Å². The second kappa shape index (κ2) is 6.53. The van der Waals surface area contributed by atoms with Gasteiger partial charge in [-0.15, -0.1) is 0 Å². The number of aromatic nitrogens is 2. The Hall–Kier alpha value is -0.870. The average molecular weight is 263 g/mol. The highest BCUT2D eigenvalue weighted by Crippen LogP contribution is 2.27. The molecule has 4 heteroatoms. The molecule has 2 fully saturated rings. The van der Waals surface area contributed by atoms with Crippen molar-refractivity contribution in [3.8, 4) is 0 Å². The van der Waals surface area contributed by atoms with Crippen LogP contribution in [0, 0.1) is 0 Å². The summed E-state index contributed by atoms with van der Waals surface area (Å²) in [6, 6.07) is 2.73. The van der Waals surface area contributed by atoms with Crippen LogP contribution in [-0.4, -0.2) is 15.9 Å². The molecule has 1 aromatic heterocycles. The van der Waals surface area contributed by atoms with Crippen molar-refractivity contribution in [3.05, 3.63) is 18.0 Å². The predicted octanol–water partition coefficient (Wildman–Crippen LogP) is 3.35. The summed E-state index contributed by atoms with van der Waals surface area (Å²) in [5.41, 5.74) is 4.17.